The Morgan fingerprint density at radius 2 is 1.73 bits per heavy atom. The first kappa shape index (κ1) is 21.8. The van der Waals surface area contributed by atoms with E-state index < -0.39 is 0 Å². The molecule has 3 aromatic rings. The molecule has 9 heteroatoms. The molecule has 0 atom stereocenters. The van der Waals surface area contributed by atoms with Crippen molar-refractivity contribution in [2.75, 3.05) is 44.8 Å². The van der Waals surface area contributed by atoms with Gasteiger partial charge in [0.15, 0.2) is 11.5 Å². The molecule has 2 aliphatic rings. The smallest absolute Gasteiger partial charge is 0.239 e. The lowest BCUT2D eigenvalue weighted by molar-refractivity contribution is -0.117. The summed E-state index contributed by atoms with van der Waals surface area (Å²) in [6.45, 7) is 5.03. The topological polar surface area (TPSA) is 71.9 Å². The number of aromatic nitrogens is 2. The zero-order chi connectivity index (χ0) is 22.8. The molecule has 5 rings (SSSR count). The molecule has 0 saturated carbocycles. The van der Waals surface area contributed by atoms with Gasteiger partial charge in [0.25, 0.3) is 0 Å². The number of amides is 1. The number of rotatable bonds is 6. The highest BCUT2D eigenvalue weighted by Gasteiger charge is 2.21. The largest absolute Gasteiger partial charge is 0.454 e. The number of fused-ring (bicyclic) bond motifs is 1. The van der Waals surface area contributed by atoms with Crippen molar-refractivity contribution in [3.63, 3.8) is 0 Å². The minimum atomic E-state index is -0.0372. The fourth-order valence-corrected chi connectivity index (χ4v) is 4.26. The van der Waals surface area contributed by atoms with E-state index in [2.05, 4.69) is 26.3 Å². The summed E-state index contributed by atoms with van der Waals surface area (Å²) in [5, 5.41) is 8.17. The number of hydrogen-bond acceptors (Lipinski definition) is 6. The molecule has 0 aliphatic carbocycles. The van der Waals surface area contributed by atoms with E-state index in [1.165, 1.54) is 5.56 Å². The van der Waals surface area contributed by atoms with Crippen molar-refractivity contribution in [3.8, 4) is 22.8 Å². The summed E-state index contributed by atoms with van der Waals surface area (Å²) in [6, 6.07) is 15.5. The van der Waals surface area contributed by atoms with E-state index in [1.807, 2.05) is 49.5 Å². The Morgan fingerprint density at radius 1 is 1.00 bits per heavy atom. The van der Waals surface area contributed by atoms with Gasteiger partial charge in [0.2, 0.25) is 12.7 Å². The summed E-state index contributed by atoms with van der Waals surface area (Å²) in [5.41, 5.74) is 2.95. The molecule has 0 spiro atoms. The van der Waals surface area contributed by atoms with Crippen LogP contribution < -0.4 is 14.8 Å². The minimum absolute atomic E-state index is 0.0372. The summed E-state index contributed by atoms with van der Waals surface area (Å²) in [4.78, 5) is 17.2. The lowest BCUT2D eigenvalue weighted by atomic mass is 10.1. The van der Waals surface area contributed by atoms with Gasteiger partial charge in [-0.3, -0.25) is 19.3 Å². The number of ether oxygens (including phenoxy) is 2. The Bertz CT molecular complexity index is 1140. The van der Waals surface area contributed by atoms with Crippen molar-refractivity contribution in [1.82, 2.24) is 19.6 Å². The van der Waals surface area contributed by atoms with Crippen molar-refractivity contribution < 1.29 is 14.3 Å². The molecule has 172 valence electrons. The summed E-state index contributed by atoms with van der Waals surface area (Å²) >= 11 is 5.97. The van der Waals surface area contributed by atoms with Gasteiger partial charge in [0.1, 0.15) is 5.82 Å². The Hall–Kier alpha value is -3.07. The van der Waals surface area contributed by atoms with Crippen LogP contribution in [0.1, 0.15) is 5.56 Å². The van der Waals surface area contributed by atoms with E-state index in [1.54, 1.807) is 4.68 Å². The van der Waals surface area contributed by atoms with Crippen LogP contribution in [0.3, 0.4) is 0 Å². The van der Waals surface area contributed by atoms with Crippen LogP contribution >= 0.6 is 11.6 Å². The van der Waals surface area contributed by atoms with E-state index in [4.69, 9.17) is 21.1 Å². The Morgan fingerprint density at radius 3 is 2.52 bits per heavy atom. The van der Waals surface area contributed by atoms with Crippen LogP contribution in [0.5, 0.6) is 11.5 Å². The van der Waals surface area contributed by atoms with Gasteiger partial charge in [0, 0.05) is 56.4 Å². The maximum absolute atomic E-state index is 12.7. The maximum Gasteiger partial charge on any atom is 0.239 e. The molecule has 0 radical (unpaired) electrons. The SMILES string of the molecule is Cn1nc(-c2ccc(Cl)cc2)cc1NC(=O)CN1CCN(Cc2ccc3c(c2)OCO3)CC1. The summed E-state index contributed by atoms with van der Waals surface area (Å²) in [6.07, 6.45) is 0. The number of anilines is 1. The Labute approximate surface area is 197 Å². The van der Waals surface area contributed by atoms with Crippen LogP contribution in [0, 0.1) is 0 Å². The molecule has 2 aromatic carbocycles. The van der Waals surface area contributed by atoms with Crippen LogP contribution in [0.2, 0.25) is 5.02 Å². The highest BCUT2D eigenvalue weighted by atomic mass is 35.5. The van der Waals surface area contributed by atoms with Crippen LogP contribution in [-0.4, -0.2) is 65.0 Å². The van der Waals surface area contributed by atoms with Gasteiger partial charge in [0.05, 0.1) is 12.2 Å². The molecule has 8 nitrogen and oxygen atoms in total. The molecule has 1 amide bonds. The molecule has 0 bridgehead atoms. The van der Waals surface area contributed by atoms with Gasteiger partial charge in [-0.05, 0) is 29.8 Å². The predicted molar refractivity (Wildman–Crippen MR) is 127 cm³/mol. The van der Waals surface area contributed by atoms with Crippen molar-refractivity contribution in [2.24, 2.45) is 7.05 Å². The number of nitrogens with zero attached hydrogens (tertiary/aromatic N) is 4. The fourth-order valence-electron chi connectivity index (χ4n) is 4.13. The van der Waals surface area contributed by atoms with E-state index >= 15 is 0 Å². The second-order valence-electron chi connectivity index (χ2n) is 8.33. The van der Waals surface area contributed by atoms with E-state index in [0.29, 0.717) is 24.2 Å². The van der Waals surface area contributed by atoms with Crippen molar-refractivity contribution >= 4 is 23.3 Å². The monoisotopic (exact) mass is 467 g/mol. The number of nitrogens with one attached hydrogen (secondary N) is 1. The molecule has 1 N–H and O–H groups in total. The van der Waals surface area contributed by atoms with Crippen molar-refractivity contribution in [2.45, 2.75) is 6.54 Å². The number of piperazine rings is 1. The first-order chi connectivity index (χ1) is 16.0. The van der Waals surface area contributed by atoms with Gasteiger partial charge in [-0.2, -0.15) is 5.10 Å². The summed E-state index contributed by atoms with van der Waals surface area (Å²) in [5.74, 6) is 2.26. The summed E-state index contributed by atoms with van der Waals surface area (Å²) < 4.78 is 12.5. The highest BCUT2D eigenvalue weighted by molar-refractivity contribution is 6.30. The zero-order valence-corrected chi connectivity index (χ0v) is 19.2. The van der Waals surface area contributed by atoms with Crippen molar-refractivity contribution in [3.05, 3.63) is 59.1 Å². The van der Waals surface area contributed by atoms with Crippen LogP contribution in [0.4, 0.5) is 5.82 Å². The van der Waals surface area contributed by atoms with Gasteiger partial charge in [-0.25, -0.2) is 0 Å². The lowest BCUT2D eigenvalue weighted by Gasteiger charge is -2.34. The Kier molecular flexibility index (Phi) is 6.22. The molecule has 3 heterocycles. The molecular formula is C24H26ClN5O3. The second kappa shape index (κ2) is 9.43. The van der Waals surface area contributed by atoms with Gasteiger partial charge < -0.3 is 14.8 Å². The molecule has 1 fully saturated rings. The molecule has 0 unspecified atom stereocenters. The third-order valence-corrected chi connectivity index (χ3v) is 6.21. The zero-order valence-electron chi connectivity index (χ0n) is 18.5. The molecule has 33 heavy (non-hydrogen) atoms. The molecule has 2 aliphatic heterocycles. The second-order valence-corrected chi connectivity index (χ2v) is 8.77. The van der Waals surface area contributed by atoms with E-state index in [-0.39, 0.29) is 5.91 Å². The number of aryl methyl sites for hydroxylation is 1. The fraction of sp³-hybridized carbons (Fsp3) is 0.333. The van der Waals surface area contributed by atoms with Gasteiger partial charge in [-0.15, -0.1) is 0 Å². The number of halogens is 1. The molecule has 1 aromatic heterocycles. The quantitative estimate of drug-likeness (QED) is 0.600. The highest BCUT2D eigenvalue weighted by Crippen LogP contribution is 2.33. The van der Waals surface area contributed by atoms with Crippen LogP contribution in [0.25, 0.3) is 11.3 Å². The first-order valence-electron chi connectivity index (χ1n) is 11.0. The van der Waals surface area contributed by atoms with E-state index in [9.17, 15) is 4.79 Å². The number of hydrogen-bond donors (Lipinski definition) is 1. The average molecular weight is 468 g/mol. The standard InChI is InChI=1S/C24H26ClN5O3/c1-28-23(13-20(27-28)18-3-5-19(25)6-4-18)26-24(31)15-30-10-8-29(9-11-30)14-17-2-7-21-22(12-17)33-16-32-21/h2-7,12-13H,8-11,14-16H2,1H3,(H,26,31). The number of carbonyl (C=O) groups is 1. The summed E-state index contributed by atoms with van der Waals surface area (Å²) in [7, 11) is 1.82. The lowest BCUT2D eigenvalue weighted by Crippen LogP contribution is -2.48. The van der Waals surface area contributed by atoms with E-state index in [0.717, 1.165) is 55.5 Å². The van der Waals surface area contributed by atoms with Crippen molar-refractivity contribution in [1.29, 1.82) is 0 Å². The molecular weight excluding hydrogens is 442 g/mol. The average Bonchev–Trinajstić information content (AvgIpc) is 3.42. The Balaban J connectivity index is 1.11. The normalized spacial score (nSPS) is 16.2. The maximum atomic E-state index is 12.7. The third kappa shape index (κ3) is 5.13. The molecule has 1 saturated heterocycles. The number of benzene rings is 2. The first-order valence-corrected chi connectivity index (χ1v) is 11.3. The predicted octanol–water partition coefficient (Wildman–Crippen LogP) is 3.23. The third-order valence-electron chi connectivity index (χ3n) is 5.96. The van der Waals surface area contributed by atoms with Gasteiger partial charge >= 0.3 is 0 Å². The minimum Gasteiger partial charge on any atom is -0.454 e. The van der Waals surface area contributed by atoms with Gasteiger partial charge in [-0.1, -0.05) is 29.8 Å². The number of carbonyl (C=O) groups excluding carboxylic acids is 1. The van der Waals surface area contributed by atoms with Crippen LogP contribution in [0.15, 0.2) is 48.5 Å². The van der Waals surface area contributed by atoms with Crippen LogP contribution in [-0.2, 0) is 18.4 Å².